The molecule has 0 bridgehead atoms. The lowest BCUT2D eigenvalue weighted by Gasteiger charge is -2.08. The number of fused-ring (bicyclic) bond motifs is 1. The average molecular weight is 255 g/mol. The second-order valence-electron chi connectivity index (χ2n) is 3.80. The fourth-order valence-corrected chi connectivity index (χ4v) is 1.62. The molecular weight excluding hydrogens is 240 g/mol. The molecular formula is C12H15ClN2O2. The number of aliphatic hydroxyl groups is 1. The molecule has 1 aromatic heterocycles. The third-order valence-electron chi connectivity index (χ3n) is 2.46. The number of halogens is 1. The Hall–Kier alpha value is -1.36. The summed E-state index contributed by atoms with van der Waals surface area (Å²) in [5, 5.41) is 19.4. The van der Waals surface area contributed by atoms with Crippen molar-refractivity contribution in [3.05, 3.63) is 36.0 Å². The van der Waals surface area contributed by atoms with E-state index >= 15 is 0 Å². The van der Waals surface area contributed by atoms with Gasteiger partial charge in [-0.15, -0.1) is 12.4 Å². The van der Waals surface area contributed by atoms with Gasteiger partial charge < -0.3 is 15.9 Å². The zero-order valence-corrected chi connectivity index (χ0v) is 10.0. The van der Waals surface area contributed by atoms with Gasteiger partial charge in [0.25, 0.3) is 0 Å². The van der Waals surface area contributed by atoms with E-state index < -0.39 is 0 Å². The number of nitrogens with zero attached hydrogens (tertiary/aromatic N) is 1. The van der Waals surface area contributed by atoms with E-state index in [0.29, 0.717) is 11.9 Å². The molecule has 0 aliphatic heterocycles. The first-order chi connectivity index (χ1) is 7.70. The van der Waals surface area contributed by atoms with E-state index in [1.54, 1.807) is 12.1 Å². The van der Waals surface area contributed by atoms with Crippen LogP contribution in [-0.2, 0) is 6.42 Å². The largest absolute Gasteiger partial charge is 0.506 e. The van der Waals surface area contributed by atoms with E-state index in [1.807, 2.05) is 18.2 Å². The first-order valence-corrected chi connectivity index (χ1v) is 5.15. The predicted molar refractivity (Wildman–Crippen MR) is 69.4 cm³/mol. The van der Waals surface area contributed by atoms with Gasteiger partial charge in [0, 0.05) is 23.5 Å². The van der Waals surface area contributed by atoms with Crippen LogP contribution >= 0.6 is 12.4 Å². The van der Waals surface area contributed by atoms with Crippen LogP contribution in [0.3, 0.4) is 0 Å². The molecule has 0 fully saturated rings. The van der Waals surface area contributed by atoms with Crippen molar-refractivity contribution in [2.24, 2.45) is 5.73 Å². The first kappa shape index (κ1) is 13.7. The van der Waals surface area contributed by atoms with Gasteiger partial charge in [-0.3, -0.25) is 0 Å². The van der Waals surface area contributed by atoms with E-state index in [4.69, 9.17) is 10.8 Å². The predicted octanol–water partition coefficient (Wildman–Crippen LogP) is 1.22. The summed E-state index contributed by atoms with van der Waals surface area (Å²) in [7, 11) is 0. The maximum absolute atomic E-state index is 9.64. The Morgan fingerprint density at radius 3 is 2.71 bits per heavy atom. The van der Waals surface area contributed by atoms with Crippen LogP contribution in [0.5, 0.6) is 5.75 Å². The van der Waals surface area contributed by atoms with Gasteiger partial charge in [-0.05, 0) is 12.1 Å². The Labute approximate surface area is 106 Å². The second-order valence-corrected chi connectivity index (χ2v) is 3.80. The van der Waals surface area contributed by atoms with Crippen LogP contribution in [0.25, 0.3) is 10.9 Å². The fourth-order valence-electron chi connectivity index (χ4n) is 1.62. The van der Waals surface area contributed by atoms with Gasteiger partial charge in [0.1, 0.15) is 11.3 Å². The maximum Gasteiger partial charge on any atom is 0.141 e. The van der Waals surface area contributed by atoms with Crippen molar-refractivity contribution in [2.75, 3.05) is 6.61 Å². The molecule has 1 unspecified atom stereocenters. The summed E-state index contributed by atoms with van der Waals surface area (Å²) in [6, 6.07) is 8.70. The Bertz CT molecular complexity index is 505. The minimum atomic E-state index is -0.309. The molecule has 5 heteroatoms. The molecule has 4 nitrogen and oxygen atoms in total. The van der Waals surface area contributed by atoms with E-state index in [0.717, 1.165) is 11.1 Å². The van der Waals surface area contributed by atoms with Crippen LogP contribution < -0.4 is 5.73 Å². The molecule has 0 aliphatic carbocycles. The van der Waals surface area contributed by atoms with Crippen LogP contribution in [0.2, 0.25) is 0 Å². The molecule has 17 heavy (non-hydrogen) atoms. The molecule has 0 amide bonds. The SMILES string of the molecule is Cl.NC(CO)Cc1ccc2cccc(O)c2n1. The van der Waals surface area contributed by atoms with Crippen molar-refractivity contribution in [3.8, 4) is 5.75 Å². The van der Waals surface area contributed by atoms with Crippen LogP contribution in [-0.4, -0.2) is 27.8 Å². The number of nitrogens with two attached hydrogens (primary N) is 1. The number of pyridine rings is 1. The summed E-state index contributed by atoms with van der Waals surface area (Å²) < 4.78 is 0. The highest BCUT2D eigenvalue weighted by Crippen LogP contribution is 2.22. The monoisotopic (exact) mass is 254 g/mol. The van der Waals surface area contributed by atoms with E-state index in [-0.39, 0.29) is 30.8 Å². The third kappa shape index (κ3) is 3.06. The summed E-state index contributed by atoms with van der Waals surface area (Å²) in [5.74, 6) is 0.164. The number of phenols is 1. The summed E-state index contributed by atoms with van der Waals surface area (Å²) in [4.78, 5) is 4.32. The van der Waals surface area contributed by atoms with Crippen molar-refractivity contribution in [1.29, 1.82) is 0 Å². The summed E-state index contributed by atoms with van der Waals surface area (Å²) in [6.07, 6.45) is 0.501. The Morgan fingerprint density at radius 1 is 1.24 bits per heavy atom. The highest BCUT2D eigenvalue weighted by molar-refractivity contribution is 5.85. The van der Waals surface area contributed by atoms with E-state index in [9.17, 15) is 5.11 Å². The topological polar surface area (TPSA) is 79.4 Å². The molecule has 0 spiro atoms. The lowest BCUT2D eigenvalue weighted by molar-refractivity contribution is 0.264. The van der Waals surface area contributed by atoms with Crippen molar-refractivity contribution in [1.82, 2.24) is 4.98 Å². The zero-order chi connectivity index (χ0) is 11.5. The number of rotatable bonds is 3. The standard InChI is InChI=1S/C12H14N2O2.ClH/c13-9(7-15)6-10-5-4-8-2-1-3-11(16)12(8)14-10;/h1-5,9,15-16H,6-7,13H2;1H. The number of benzene rings is 1. The minimum absolute atomic E-state index is 0. The van der Waals surface area contributed by atoms with E-state index in [1.165, 1.54) is 0 Å². The van der Waals surface area contributed by atoms with Crippen LogP contribution in [0.1, 0.15) is 5.69 Å². The lowest BCUT2D eigenvalue weighted by Crippen LogP contribution is -2.27. The van der Waals surface area contributed by atoms with Gasteiger partial charge in [-0.2, -0.15) is 0 Å². The van der Waals surface area contributed by atoms with Crippen molar-refractivity contribution >= 4 is 23.3 Å². The van der Waals surface area contributed by atoms with Gasteiger partial charge >= 0.3 is 0 Å². The maximum atomic E-state index is 9.64. The summed E-state index contributed by atoms with van der Waals surface area (Å²) in [6.45, 7) is -0.0690. The van der Waals surface area contributed by atoms with Gasteiger partial charge in [0.2, 0.25) is 0 Å². The number of aromatic nitrogens is 1. The highest BCUT2D eigenvalue weighted by Gasteiger charge is 2.06. The van der Waals surface area contributed by atoms with Gasteiger partial charge in [-0.1, -0.05) is 18.2 Å². The quantitative estimate of drug-likeness (QED) is 0.770. The Balaban J connectivity index is 0.00000144. The van der Waals surface area contributed by atoms with Gasteiger partial charge in [-0.25, -0.2) is 4.98 Å². The fraction of sp³-hybridized carbons (Fsp3) is 0.250. The van der Waals surface area contributed by atoms with Crippen LogP contribution in [0.15, 0.2) is 30.3 Å². The molecule has 2 rings (SSSR count). The number of para-hydroxylation sites is 1. The summed E-state index contributed by atoms with van der Waals surface area (Å²) in [5.41, 5.74) is 6.98. The molecule has 0 radical (unpaired) electrons. The van der Waals surface area contributed by atoms with Gasteiger partial charge in [0.15, 0.2) is 0 Å². The smallest absolute Gasteiger partial charge is 0.141 e. The number of aromatic hydroxyl groups is 1. The van der Waals surface area contributed by atoms with Crippen molar-refractivity contribution < 1.29 is 10.2 Å². The zero-order valence-electron chi connectivity index (χ0n) is 9.21. The Morgan fingerprint density at radius 2 is 2.00 bits per heavy atom. The van der Waals surface area contributed by atoms with E-state index in [2.05, 4.69) is 4.98 Å². The first-order valence-electron chi connectivity index (χ1n) is 5.15. The molecule has 2 aromatic rings. The lowest BCUT2D eigenvalue weighted by atomic mass is 10.1. The summed E-state index contributed by atoms with van der Waals surface area (Å²) >= 11 is 0. The minimum Gasteiger partial charge on any atom is -0.506 e. The molecule has 0 saturated heterocycles. The molecule has 4 N–H and O–H groups in total. The highest BCUT2D eigenvalue weighted by atomic mass is 35.5. The van der Waals surface area contributed by atoms with Crippen LogP contribution in [0.4, 0.5) is 0 Å². The normalized spacial score (nSPS) is 12.1. The average Bonchev–Trinajstić information content (AvgIpc) is 2.30. The number of phenolic OH excluding ortho intramolecular Hbond substituents is 1. The third-order valence-corrected chi connectivity index (χ3v) is 2.46. The van der Waals surface area contributed by atoms with Crippen LogP contribution in [0, 0.1) is 0 Å². The molecule has 0 aliphatic rings. The Kier molecular flexibility index (Phi) is 4.69. The number of hydrogen-bond acceptors (Lipinski definition) is 4. The van der Waals surface area contributed by atoms with Gasteiger partial charge in [0.05, 0.1) is 6.61 Å². The van der Waals surface area contributed by atoms with Crippen molar-refractivity contribution in [3.63, 3.8) is 0 Å². The molecule has 1 heterocycles. The molecule has 1 aromatic carbocycles. The number of aliphatic hydroxyl groups excluding tert-OH is 1. The molecule has 0 saturated carbocycles. The molecule has 1 atom stereocenters. The number of hydrogen-bond donors (Lipinski definition) is 3. The molecule has 92 valence electrons. The van der Waals surface area contributed by atoms with Crippen molar-refractivity contribution in [2.45, 2.75) is 12.5 Å². The second kappa shape index (κ2) is 5.82.